The van der Waals surface area contributed by atoms with Gasteiger partial charge in [-0.2, -0.15) is 0 Å². The second kappa shape index (κ2) is 15.3. The number of morpholine rings is 1. The van der Waals surface area contributed by atoms with Crippen LogP contribution in [0.3, 0.4) is 0 Å². The lowest BCUT2D eigenvalue weighted by Crippen LogP contribution is -2.41. The largest absolute Gasteiger partial charge is 0.379 e. The van der Waals surface area contributed by atoms with Crippen LogP contribution in [0.25, 0.3) is 16.6 Å². The van der Waals surface area contributed by atoms with Crippen LogP contribution < -0.4 is 10.2 Å². The molecule has 0 atom stereocenters. The Balaban J connectivity index is 1.20. The normalized spacial score (nSPS) is 15.1. The highest BCUT2D eigenvalue weighted by atomic mass is 16.5. The number of carbonyl (C=O) groups excluding carboxylic acids is 3. The summed E-state index contributed by atoms with van der Waals surface area (Å²) in [5, 5.41) is 4.00. The van der Waals surface area contributed by atoms with Gasteiger partial charge in [0.1, 0.15) is 0 Å². The number of ether oxygens (including phenoxy) is 1. The first kappa shape index (κ1) is 34.2. The molecule has 2 aliphatic rings. The molecule has 0 unspecified atom stereocenters. The zero-order valence-corrected chi connectivity index (χ0v) is 29.4. The summed E-state index contributed by atoms with van der Waals surface area (Å²) in [6, 6.07) is 30.5. The Morgan fingerprint density at radius 1 is 0.765 bits per heavy atom. The Morgan fingerprint density at radius 3 is 2.31 bits per heavy atom. The molecule has 0 spiro atoms. The fourth-order valence-corrected chi connectivity index (χ4v) is 7.08. The van der Waals surface area contributed by atoms with Crippen LogP contribution in [0.15, 0.2) is 97.1 Å². The van der Waals surface area contributed by atoms with Gasteiger partial charge in [-0.25, -0.2) is 0 Å². The average molecular weight is 684 g/mol. The molecule has 2 amide bonds. The number of hydrogen-bond acceptors (Lipinski definition) is 6. The molecule has 2 aliphatic heterocycles. The van der Waals surface area contributed by atoms with Crippen LogP contribution in [0, 0.1) is 6.92 Å². The Labute approximate surface area is 299 Å². The first-order valence-corrected chi connectivity index (χ1v) is 17.9. The molecule has 3 heterocycles. The van der Waals surface area contributed by atoms with E-state index in [4.69, 9.17) is 4.74 Å². The number of aryl methyl sites for hydroxylation is 1. The smallest absolute Gasteiger partial charge is 0.255 e. The molecule has 4 aromatic carbocycles. The molecule has 5 aromatic rings. The summed E-state index contributed by atoms with van der Waals surface area (Å²) in [5.41, 5.74) is 6.02. The molecule has 9 heteroatoms. The predicted octanol–water partition coefficient (Wildman–Crippen LogP) is 6.82. The number of likely N-dealkylation sites (N-methyl/N-ethyl adjacent to an activating group) is 1. The highest BCUT2D eigenvalue weighted by Crippen LogP contribution is 2.32. The number of benzene rings is 4. The van der Waals surface area contributed by atoms with E-state index in [1.807, 2.05) is 72.2 Å². The first-order chi connectivity index (χ1) is 24.9. The molecule has 0 aliphatic carbocycles. The van der Waals surface area contributed by atoms with Crippen LogP contribution in [-0.4, -0.2) is 91.5 Å². The van der Waals surface area contributed by atoms with Crippen LogP contribution in [0.4, 0.5) is 11.4 Å². The molecular formula is C42H45N5O4. The molecule has 2 saturated heterocycles. The van der Waals surface area contributed by atoms with E-state index in [0.717, 1.165) is 73.4 Å². The Hall–Kier alpha value is -5.25. The van der Waals surface area contributed by atoms with Crippen molar-refractivity contribution in [2.75, 3.05) is 69.7 Å². The van der Waals surface area contributed by atoms with Gasteiger partial charge in [0.25, 0.3) is 11.8 Å². The summed E-state index contributed by atoms with van der Waals surface area (Å²) in [4.78, 5) is 48.4. The maximum Gasteiger partial charge on any atom is 0.255 e. The molecule has 262 valence electrons. The van der Waals surface area contributed by atoms with E-state index in [1.165, 1.54) is 6.42 Å². The fourth-order valence-electron chi connectivity index (χ4n) is 7.08. The number of piperidine rings is 1. The van der Waals surface area contributed by atoms with Gasteiger partial charge in [-0.15, -0.1) is 0 Å². The lowest BCUT2D eigenvalue weighted by molar-refractivity contribution is 0.0338. The van der Waals surface area contributed by atoms with Crippen LogP contribution in [0.1, 0.15) is 61.6 Å². The van der Waals surface area contributed by atoms with Crippen molar-refractivity contribution in [1.29, 1.82) is 0 Å². The van der Waals surface area contributed by atoms with Crippen molar-refractivity contribution in [3.63, 3.8) is 0 Å². The highest BCUT2D eigenvalue weighted by molar-refractivity contribution is 6.17. The zero-order valence-electron chi connectivity index (χ0n) is 29.4. The topological polar surface area (TPSA) is 87.1 Å². The number of rotatable bonds is 10. The van der Waals surface area contributed by atoms with Crippen molar-refractivity contribution in [3.8, 4) is 5.69 Å². The van der Waals surface area contributed by atoms with Crippen molar-refractivity contribution < 1.29 is 19.1 Å². The Bertz CT molecular complexity index is 2040. The Kier molecular flexibility index (Phi) is 10.3. The SMILES string of the molecule is Cc1ccc2cc(C(=O)c3cc(N4CCCCC4)ccc3NC(=O)c3cccc(C(=O)N(C)CCN4CCOCC4)c3)n(-c3ccccc3)c2c1. The summed E-state index contributed by atoms with van der Waals surface area (Å²) in [6.45, 7) is 8.35. The van der Waals surface area contributed by atoms with Gasteiger partial charge in [0.15, 0.2) is 0 Å². The van der Waals surface area contributed by atoms with E-state index in [1.54, 1.807) is 36.2 Å². The number of anilines is 2. The molecule has 0 bridgehead atoms. The van der Waals surface area contributed by atoms with Crippen molar-refractivity contribution in [1.82, 2.24) is 14.4 Å². The third-order valence-corrected chi connectivity index (χ3v) is 10.00. The molecule has 1 aromatic heterocycles. The van der Waals surface area contributed by atoms with Crippen LogP contribution in [0.2, 0.25) is 0 Å². The number of ketones is 1. The standard InChI is InChI=1S/C42H45N5O4/c1-30-14-15-31-28-39(47(38(31)26-30)34-12-5-3-6-13-34)40(48)36-29-35(46-18-7-4-8-19-46)16-17-37(36)43-41(49)32-10-9-11-33(27-32)42(50)44(2)20-21-45-22-24-51-25-23-45/h3,5-6,9-17,26-29H,4,7-8,18-25H2,1-2H3,(H,43,49). The van der Waals surface area contributed by atoms with Gasteiger partial charge in [-0.3, -0.25) is 19.3 Å². The van der Waals surface area contributed by atoms with E-state index in [2.05, 4.69) is 27.2 Å². The molecule has 51 heavy (non-hydrogen) atoms. The number of hydrogen-bond donors (Lipinski definition) is 1. The number of carbonyl (C=O) groups is 3. The zero-order chi connectivity index (χ0) is 35.3. The van der Waals surface area contributed by atoms with E-state index in [0.29, 0.717) is 47.8 Å². The highest BCUT2D eigenvalue weighted by Gasteiger charge is 2.25. The van der Waals surface area contributed by atoms with E-state index < -0.39 is 0 Å². The van der Waals surface area contributed by atoms with E-state index in [-0.39, 0.29) is 17.6 Å². The third kappa shape index (κ3) is 7.60. The minimum Gasteiger partial charge on any atom is -0.379 e. The molecular weight excluding hydrogens is 638 g/mol. The van der Waals surface area contributed by atoms with E-state index >= 15 is 0 Å². The second-order valence-electron chi connectivity index (χ2n) is 13.6. The average Bonchev–Trinajstić information content (AvgIpc) is 3.56. The Morgan fingerprint density at radius 2 is 1.53 bits per heavy atom. The monoisotopic (exact) mass is 683 g/mol. The lowest BCUT2D eigenvalue weighted by Gasteiger charge is -2.29. The predicted molar refractivity (Wildman–Crippen MR) is 203 cm³/mol. The molecule has 2 fully saturated rings. The van der Waals surface area contributed by atoms with Crippen LogP contribution >= 0.6 is 0 Å². The number of fused-ring (bicyclic) bond motifs is 1. The van der Waals surface area contributed by atoms with Crippen LogP contribution in [-0.2, 0) is 4.74 Å². The summed E-state index contributed by atoms with van der Waals surface area (Å²) in [7, 11) is 1.79. The molecule has 1 N–H and O–H groups in total. The minimum absolute atomic E-state index is 0.149. The van der Waals surface area contributed by atoms with Gasteiger partial charge in [-0.05, 0) is 92.4 Å². The third-order valence-electron chi connectivity index (χ3n) is 10.00. The van der Waals surface area contributed by atoms with Crippen molar-refractivity contribution in [2.45, 2.75) is 26.2 Å². The summed E-state index contributed by atoms with van der Waals surface area (Å²) >= 11 is 0. The van der Waals surface area contributed by atoms with Crippen molar-refractivity contribution in [2.24, 2.45) is 0 Å². The minimum atomic E-state index is -0.389. The van der Waals surface area contributed by atoms with Crippen LogP contribution in [0.5, 0.6) is 0 Å². The number of para-hydroxylation sites is 1. The number of nitrogens with zero attached hydrogens (tertiary/aromatic N) is 4. The molecule has 9 nitrogen and oxygen atoms in total. The van der Waals surface area contributed by atoms with Gasteiger partial charge < -0.3 is 24.4 Å². The van der Waals surface area contributed by atoms with Crippen molar-refractivity contribution >= 4 is 39.9 Å². The second-order valence-corrected chi connectivity index (χ2v) is 13.6. The first-order valence-electron chi connectivity index (χ1n) is 17.9. The maximum absolute atomic E-state index is 14.8. The quantitative estimate of drug-likeness (QED) is 0.163. The number of aromatic nitrogens is 1. The summed E-state index contributed by atoms with van der Waals surface area (Å²) in [5.74, 6) is -0.726. The van der Waals surface area contributed by atoms with Crippen molar-refractivity contribution in [3.05, 3.63) is 125 Å². The fraction of sp³-hybridized carbons (Fsp3) is 0.310. The van der Waals surface area contributed by atoms with Gasteiger partial charge in [0.2, 0.25) is 5.78 Å². The number of nitrogens with one attached hydrogen (secondary N) is 1. The van der Waals surface area contributed by atoms with Gasteiger partial charge in [0.05, 0.1) is 30.1 Å². The molecule has 0 saturated carbocycles. The lowest BCUT2D eigenvalue weighted by atomic mass is 10.0. The van der Waals surface area contributed by atoms with Gasteiger partial charge in [-0.1, -0.05) is 36.4 Å². The number of amides is 2. The molecule has 7 rings (SSSR count). The summed E-state index contributed by atoms with van der Waals surface area (Å²) < 4.78 is 7.44. The van der Waals surface area contributed by atoms with E-state index in [9.17, 15) is 14.4 Å². The van der Waals surface area contributed by atoms with Gasteiger partial charge >= 0.3 is 0 Å². The molecule has 0 radical (unpaired) electrons. The summed E-state index contributed by atoms with van der Waals surface area (Å²) in [6.07, 6.45) is 3.39. The maximum atomic E-state index is 14.8. The van der Waals surface area contributed by atoms with Gasteiger partial charge in [0, 0.05) is 79.8 Å².